The molecule has 2 nitrogen and oxygen atoms in total. The van der Waals surface area contributed by atoms with Crippen LogP contribution in [0.5, 0.6) is 0 Å². The van der Waals surface area contributed by atoms with Crippen molar-refractivity contribution in [1.29, 1.82) is 0 Å². The average Bonchev–Trinajstić information content (AvgIpc) is 2.58. The number of aryl methyl sites for hydroxylation is 1. The Morgan fingerprint density at radius 2 is 2.57 bits per heavy atom. The summed E-state index contributed by atoms with van der Waals surface area (Å²) in [5, 5.41) is 4.53. The van der Waals surface area contributed by atoms with E-state index in [4.69, 9.17) is 0 Å². The normalized spacial score (nSPS) is 10.4. The van der Waals surface area contributed by atoms with Gasteiger partial charge in [-0.25, -0.2) is 4.98 Å². The lowest BCUT2D eigenvalue weighted by Gasteiger charge is -2.00. The number of thioether (sulfide) groups is 1. The molecule has 1 rings (SSSR count). The first-order valence-electron chi connectivity index (χ1n) is 4.63. The van der Waals surface area contributed by atoms with Gasteiger partial charge in [0, 0.05) is 35.7 Å². The molecule has 14 heavy (non-hydrogen) atoms. The van der Waals surface area contributed by atoms with Crippen LogP contribution in [-0.4, -0.2) is 23.0 Å². The summed E-state index contributed by atoms with van der Waals surface area (Å²) in [4.78, 5) is 5.52. The van der Waals surface area contributed by atoms with E-state index in [2.05, 4.69) is 16.9 Å². The van der Waals surface area contributed by atoms with Crippen LogP contribution < -0.4 is 5.32 Å². The SMILES string of the molecule is C=CCSCCNCc1cnc(C)s1. The van der Waals surface area contributed by atoms with Crippen LogP contribution in [0, 0.1) is 6.92 Å². The van der Waals surface area contributed by atoms with E-state index in [1.807, 2.05) is 31.0 Å². The number of aromatic nitrogens is 1. The van der Waals surface area contributed by atoms with Gasteiger partial charge in [-0.2, -0.15) is 11.8 Å². The number of nitrogens with one attached hydrogen (secondary N) is 1. The number of thiazole rings is 1. The molecule has 0 saturated heterocycles. The first-order valence-corrected chi connectivity index (χ1v) is 6.60. The molecule has 0 bridgehead atoms. The fraction of sp³-hybridized carbons (Fsp3) is 0.500. The summed E-state index contributed by atoms with van der Waals surface area (Å²) in [7, 11) is 0. The van der Waals surface area contributed by atoms with E-state index in [0.29, 0.717) is 0 Å². The molecule has 0 radical (unpaired) electrons. The van der Waals surface area contributed by atoms with Gasteiger partial charge in [-0.1, -0.05) is 6.08 Å². The molecule has 4 heteroatoms. The van der Waals surface area contributed by atoms with Crippen LogP contribution in [0.4, 0.5) is 0 Å². The first-order chi connectivity index (χ1) is 6.83. The van der Waals surface area contributed by atoms with E-state index in [0.717, 1.165) is 29.6 Å². The molecular weight excluding hydrogens is 212 g/mol. The summed E-state index contributed by atoms with van der Waals surface area (Å²) in [6.45, 7) is 7.71. The second kappa shape index (κ2) is 7.04. The van der Waals surface area contributed by atoms with Crippen molar-refractivity contribution in [2.75, 3.05) is 18.1 Å². The third-order valence-corrected chi connectivity index (χ3v) is 3.50. The molecule has 0 unspecified atom stereocenters. The lowest BCUT2D eigenvalue weighted by molar-refractivity contribution is 0.740. The van der Waals surface area contributed by atoms with Gasteiger partial charge in [0.25, 0.3) is 0 Å². The van der Waals surface area contributed by atoms with Crippen molar-refractivity contribution in [3.05, 3.63) is 28.7 Å². The molecule has 0 spiro atoms. The highest BCUT2D eigenvalue weighted by molar-refractivity contribution is 7.99. The summed E-state index contributed by atoms with van der Waals surface area (Å²) >= 11 is 3.66. The quantitative estimate of drug-likeness (QED) is 0.573. The highest BCUT2D eigenvalue weighted by Crippen LogP contribution is 2.10. The van der Waals surface area contributed by atoms with Gasteiger partial charge in [0.05, 0.1) is 5.01 Å². The Balaban J connectivity index is 2.01. The highest BCUT2D eigenvalue weighted by atomic mass is 32.2. The van der Waals surface area contributed by atoms with Crippen LogP contribution in [0.3, 0.4) is 0 Å². The summed E-state index contributed by atoms with van der Waals surface area (Å²) in [5.74, 6) is 2.19. The Kier molecular flexibility index (Phi) is 5.91. The van der Waals surface area contributed by atoms with Crippen molar-refractivity contribution in [2.45, 2.75) is 13.5 Å². The Labute approximate surface area is 93.8 Å². The zero-order chi connectivity index (χ0) is 10.2. The van der Waals surface area contributed by atoms with E-state index >= 15 is 0 Å². The van der Waals surface area contributed by atoms with Crippen LogP contribution in [0.25, 0.3) is 0 Å². The molecule has 0 atom stereocenters. The van der Waals surface area contributed by atoms with Gasteiger partial charge >= 0.3 is 0 Å². The minimum Gasteiger partial charge on any atom is -0.311 e. The third-order valence-electron chi connectivity index (χ3n) is 1.63. The van der Waals surface area contributed by atoms with Gasteiger partial charge in [-0.3, -0.25) is 0 Å². The van der Waals surface area contributed by atoms with Crippen LogP contribution in [-0.2, 0) is 6.54 Å². The lowest BCUT2D eigenvalue weighted by atomic mass is 10.5. The van der Waals surface area contributed by atoms with E-state index in [1.54, 1.807) is 11.3 Å². The molecule has 0 fully saturated rings. The van der Waals surface area contributed by atoms with Crippen LogP contribution >= 0.6 is 23.1 Å². The Bertz CT molecular complexity index is 271. The number of hydrogen-bond donors (Lipinski definition) is 1. The van der Waals surface area contributed by atoms with Gasteiger partial charge < -0.3 is 5.32 Å². The zero-order valence-electron chi connectivity index (χ0n) is 8.45. The van der Waals surface area contributed by atoms with Crippen LogP contribution in [0.2, 0.25) is 0 Å². The van der Waals surface area contributed by atoms with Crippen molar-refractivity contribution in [1.82, 2.24) is 10.3 Å². The van der Waals surface area contributed by atoms with E-state index < -0.39 is 0 Å². The summed E-state index contributed by atoms with van der Waals surface area (Å²) in [5.41, 5.74) is 0. The monoisotopic (exact) mass is 228 g/mol. The van der Waals surface area contributed by atoms with Crippen molar-refractivity contribution in [3.63, 3.8) is 0 Å². The Morgan fingerprint density at radius 3 is 3.21 bits per heavy atom. The minimum absolute atomic E-state index is 0.945. The summed E-state index contributed by atoms with van der Waals surface area (Å²) in [6, 6.07) is 0. The molecular formula is C10H16N2S2. The van der Waals surface area contributed by atoms with Gasteiger partial charge in [-0.05, 0) is 6.92 Å². The van der Waals surface area contributed by atoms with Gasteiger partial charge in [-0.15, -0.1) is 17.9 Å². The van der Waals surface area contributed by atoms with Crippen LogP contribution in [0.1, 0.15) is 9.88 Å². The van der Waals surface area contributed by atoms with E-state index in [-0.39, 0.29) is 0 Å². The highest BCUT2D eigenvalue weighted by Gasteiger charge is 1.96. The van der Waals surface area contributed by atoms with Gasteiger partial charge in [0.15, 0.2) is 0 Å². The van der Waals surface area contributed by atoms with Crippen molar-refractivity contribution in [3.8, 4) is 0 Å². The van der Waals surface area contributed by atoms with Crippen LogP contribution in [0.15, 0.2) is 18.9 Å². The number of nitrogens with zero attached hydrogens (tertiary/aromatic N) is 1. The zero-order valence-corrected chi connectivity index (χ0v) is 10.1. The van der Waals surface area contributed by atoms with E-state index in [1.165, 1.54) is 4.88 Å². The fourth-order valence-corrected chi connectivity index (χ4v) is 2.40. The summed E-state index contributed by atoms with van der Waals surface area (Å²) in [6.07, 6.45) is 3.89. The van der Waals surface area contributed by atoms with Gasteiger partial charge in [0.2, 0.25) is 0 Å². The smallest absolute Gasteiger partial charge is 0.0897 e. The number of rotatable bonds is 7. The van der Waals surface area contributed by atoms with Crippen molar-refractivity contribution < 1.29 is 0 Å². The number of hydrogen-bond acceptors (Lipinski definition) is 4. The first kappa shape index (κ1) is 11.8. The maximum atomic E-state index is 4.20. The predicted octanol–water partition coefficient (Wildman–Crippen LogP) is 2.46. The molecule has 0 aliphatic rings. The third kappa shape index (κ3) is 4.79. The predicted molar refractivity (Wildman–Crippen MR) is 66.1 cm³/mol. The Hall–Kier alpha value is -0.320. The van der Waals surface area contributed by atoms with Crippen molar-refractivity contribution >= 4 is 23.1 Å². The molecule has 0 aliphatic heterocycles. The molecule has 1 aromatic rings. The molecule has 1 aromatic heterocycles. The van der Waals surface area contributed by atoms with Crippen molar-refractivity contribution in [2.24, 2.45) is 0 Å². The maximum Gasteiger partial charge on any atom is 0.0897 e. The average molecular weight is 228 g/mol. The minimum atomic E-state index is 0.945. The van der Waals surface area contributed by atoms with E-state index in [9.17, 15) is 0 Å². The molecule has 1 N–H and O–H groups in total. The molecule has 0 aliphatic carbocycles. The molecule has 0 amide bonds. The summed E-state index contributed by atoms with van der Waals surface area (Å²) < 4.78 is 0. The largest absolute Gasteiger partial charge is 0.311 e. The second-order valence-electron chi connectivity index (χ2n) is 2.89. The lowest BCUT2D eigenvalue weighted by Crippen LogP contribution is -2.15. The standard InChI is InChI=1S/C10H16N2S2/c1-3-5-13-6-4-11-7-10-8-12-9(2)14-10/h3,8,11H,1,4-7H2,2H3. The Morgan fingerprint density at radius 1 is 1.71 bits per heavy atom. The van der Waals surface area contributed by atoms with Gasteiger partial charge in [0.1, 0.15) is 0 Å². The maximum absolute atomic E-state index is 4.20. The molecule has 0 saturated carbocycles. The molecule has 0 aromatic carbocycles. The fourth-order valence-electron chi connectivity index (χ4n) is 1.01. The second-order valence-corrected chi connectivity index (χ2v) is 5.36. The topological polar surface area (TPSA) is 24.9 Å². The molecule has 78 valence electrons. The molecule has 1 heterocycles.